The minimum absolute atomic E-state index is 0.00810. The van der Waals surface area contributed by atoms with E-state index in [0.717, 1.165) is 11.5 Å². The van der Waals surface area contributed by atoms with Gasteiger partial charge in [0.25, 0.3) is 5.91 Å². The lowest BCUT2D eigenvalue weighted by molar-refractivity contribution is -0.132. The van der Waals surface area contributed by atoms with Crippen LogP contribution in [0.5, 0.6) is 11.5 Å². The second-order valence-electron chi connectivity index (χ2n) is 7.17. The topological polar surface area (TPSA) is 59.1 Å². The minimum Gasteiger partial charge on any atom is -0.497 e. The highest BCUT2D eigenvalue weighted by Gasteiger charge is 2.24. The predicted octanol–water partition coefficient (Wildman–Crippen LogP) is 3.15. The maximum atomic E-state index is 12.6. The molecule has 154 valence electrons. The Labute approximate surface area is 172 Å². The summed E-state index contributed by atoms with van der Waals surface area (Å²) in [5.74, 6) is 1.66. The lowest BCUT2D eigenvalue weighted by atomic mass is 10.1. The molecule has 0 bridgehead atoms. The number of amides is 2. The Bertz CT molecular complexity index is 810. The molecule has 0 aromatic heterocycles. The molecule has 29 heavy (non-hydrogen) atoms. The van der Waals surface area contributed by atoms with Crippen molar-refractivity contribution in [1.29, 1.82) is 0 Å². The van der Waals surface area contributed by atoms with Gasteiger partial charge in [-0.2, -0.15) is 0 Å². The van der Waals surface area contributed by atoms with Gasteiger partial charge in [-0.3, -0.25) is 9.59 Å². The van der Waals surface area contributed by atoms with E-state index in [0.29, 0.717) is 51.2 Å². The normalized spacial score (nSPS) is 13.9. The average Bonchev–Trinajstić information content (AvgIpc) is 2.77. The van der Waals surface area contributed by atoms with Crippen molar-refractivity contribution in [3.63, 3.8) is 0 Å². The first-order valence-electron chi connectivity index (χ1n) is 9.97. The number of hydrogen-bond donors (Lipinski definition) is 0. The first-order valence-corrected chi connectivity index (χ1v) is 9.97. The predicted molar refractivity (Wildman–Crippen MR) is 111 cm³/mol. The summed E-state index contributed by atoms with van der Waals surface area (Å²) in [5.41, 5.74) is 1.83. The molecule has 0 aliphatic carbocycles. The number of aryl methyl sites for hydroxylation is 1. The van der Waals surface area contributed by atoms with E-state index in [1.165, 1.54) is 5.56 Å². The van der Waals surface area contributed by atoms with Gasteiger partial charge in [0, 0.05) is 38.2 Å². The molecule has 6 nitrogen and oxygen atoms in total. The van der Waals surface area contributed by atoms with Crippen LogP contribution in [0.15, 0.2) is 48.5 Å². The van der Waals surface area contributed by atoms with Crippen LogP contribution in [0.1, 0.15) is 28.8 Å². The molecule has 2 aromatic carbocycles. The molecule has 2 aromatic rings. The van der Waals surface area contributed by atoms with Crippen molar-refractivity contribution < 1.29 is 19.1 Å². The Morgan fingerprint density at radius 3 is 2.07 bits per heavy atom. The fourth-order valence-electron chi connectivity index (χ4n) is 3.28. The van der Waals surface area contributed by atoms with Crippen LogP contribution in [0.4, 0.5) is 0 Å². The van der Waals surface area contributed by atoms with E-state index in [1.54, 1.807) is 36.3 Å². The molecule has 6 heteroatoms. The van der Waals surface area contributed by atoms with E-state index < -0.39 is 0 Å². The van der Waals surface area contributed by atoms with E-state index in [1.807, 2.05) is 36.1 Å². The number of hydrogen-bond acceptors (Lipinski definition) is 4. The summed E-state index contributed by atoms with van der Waals surface area (Å²) in [6.07, 6.45) is 1.13. The molecule has 0 unspecified atom stereocenters. The molecule has 1 aliphatic rings. The Hall–Kier alpha value is -3.02. The maximum Gasteiger partial charge on any atom is 0.253 e. The molecule has 0 saturated carbocycles. The van der Waals surface area contributed by atoms with E-state index in [-0.39, 0.29) is 11.8 Å². The van der Waals surface area contributed by atoms with Crippen LogP contribution >= 0.6 is 0 Å². The summed E-state index contributed by atoms with van der Waals surface area (Å²) in [6.45, 7) is 4.80. The van der Waals surface area contributed by atoms with Gasteiger partial charge < -0.3 is 19.3 Å². The van der Waals surface area contributed by atoms with Crippen molar-refractivity contribution in [3.8, 4) is 11.5 Å². The summed E-state index contributed by atoms with van der Waals surface area (Å²) < 4.78 is 10.8. The number of methoxy groups -OCH3 is 1. The van der Waals surface area contributed by atoms with E-state index >= 15 is 0 Å². The lowest BCUT2D eigenvalue weighted by Gasteiger charge is -2.35. The van der Waals surface area contributed by atoms with Crippen molar-refractivity contribution >= 4 is 11.8 Å². The van der Waals surface area contributed by atoms with Crippen LogP contribution in [0.25, 0.3) is 0 Å². The fraction of sp³-hybridized carbons (Fsp3) is 0.391. The van der Waals surface area contributed by atoms with Crippen molar-refractivity contribution in [1.82, 2.24) is 9.80 Å². The van der Waals surface area contributed by atoms with Gasteiger partial charge in [-0.05, 0) is 49.7 Å². The maximum absolute atomic E-state index is 12.6. The molecule has 1 heterocycles. The van der Waals surface area contributed by atoms with Crippen molar-refractivity contribution in [2.24, 2.45) is 0 Å². The van der Waals surface area contributed by atoms with Crippen molar-refractivity contribution in [2.45, 2.75) is 19.8 Å². The Balaban J connectivity index is 1.38. The zero-order valence-electron chi connectivity index (χ0n) is 17.1. The summed E-state index contributed by atoms with van der Waals surface area (Å²) >= 11 is 0. The number of ether oxygens (including phenoxy) is 2. The van der Waals surface area contributed by atoms with Gasteiger partial charge in [-0.15, -0.1) is 0 Å². The number of nitrogens with zero attached hydrogens (tertiary/aromatic N) is 2. The highest BCUT2D eigenvalue weighted by atomic mass is 16.5. The number of piperazine rings is 1. The van der Waals surface area contributed by atoms with Crippen LogP contribution in [0, 0.1) is 6.92 Å². The van der Waals surface area contributed by atoms with Crippen molar-refractivity contribution in [2.75, 3.05) is 39.9 Å². The number of carbonyl (C=O) groups is 2. The van der Waals surface area contributed by atoms with E-state index in [4.69, 9.17) is 9.47 Å². The van der Waals surface area contributed by atoms with Gasteiger partial charge in [0.05, 0.1) is 13.7 Å². The molecule has 0 radical (unpaired) electrons. The third kappa shape index (κ3) is 5.73. The highest BCUT2D eigenvalue weighted by Crippen LogP contribution is 2.15. The zero-order chi connectivity index (χ0) is 20.6. The molecule has 0 spiro atoms. The molecule has 3 rings (SSSR count). The molecule has 1 fully saturated rings. The molecular formula is C23H28N2O4. The SMILES string of the molecule is COc1ccc(C(=O)N2CCN(C(=O)CCCOc3ccc(C)cc3)CC2)cc1. The Morgan fingerprint density at radius 1 is 0.862 bits per heavy atom. The summed E-state index contributed by atoms with van der Waals surface area (Å²) in [5, 5.41) is 0. The van der Waals surface area contributed by atoms with Crippen LogP contribution in [-0.2, 0) is 4.79 Å². The van der Waals surface area contributed by atoms with Crippen LogP contribution < -0.4 is 9.47 Å². The summed E-state index contributed by atoms with van der Waals surface area (Å²) in [7, 11) is 1.60. The Morgan fingerprint density at radius 2 is 1.45 bits per heavy atom. The average molecular weight is 396 g/mol. The van der Waals surface area contributed by atoms with Gasteiger partial charge in [-0.25, -0.2) is 0 Å². The largest absolute Gasteiger partial charge is 0.497 e. The molecular weight excluding hydrogens is 368 g/mol. The Kier molecular flexibility index (Phi) is 7.11. The molecule has 1 aliphatic heterocycles. The lowest BCUT2D eigenvalue weighted by Crippen LogP contribution is -2.50. The summed E-state index contributed by atoms with van der Waals surface area (Å²) in [4.78, 5) is 28.7. The number of carbonyl (C=O) groups excluding carboxylic acids is 2. The van der Waals surface area contributed by atoms with Gasteiger partial charge in [0.15, 0.2) is 0 Å². The molecule has 0 atom stereocenters. The van der Waals surface area contributed by atoms with E-state index in [9.17, 15) is 9.59 Å². The van der Waals surface area contributed by atoms with Crippen LogP contribution in [0.3, 0.4) is 0 Å². The van der Waals surface area contributed by atoms with Gasteiger partial charge in [0.2, 0.25) is 5.91 Å². The smallest absolute Gasteiger partial charge is 0.253 e. The van der Waals surface area contributed by atoms with Gasteiger partial charge in [0.1, 0.15) is 11.5 Å². The third-order valence-electron chi connectivity index (χ3n) is 5.08. The fourth-order valence-corrected chi connectivity index (χ4v) is 3.28. The van der Waals surface area contributed by atoms with Gasteiger partial charge in [-0.1, -0.05) is 17.7 Å². The van der Waals surface area contributed by atoms with Crippen LogP contribution in [-0.4, -0.2) is 61.5 Å². The first kappa shape index (κ1) is 20.7. The quantitative estimate of drug-likeness (QED) is 0.675. The monoisotopic (exact) mass is 396 g/mol. The standard InChI is InChI=1S/C23H28N2O4/c1-18-5-9-21(10-6-18)29-17-3-4-22(26)24-13-15-25(16-14-24)23(27)19-7-11-20(28-2)12-8-19/h5-12H,3-4,13-17H2,1-2H3. The summed E-state index contributed by atoms with van der Waals surface area (Å²) in [6, 6.07) is 15.0. The van der Waals surface area contributed by atoms with E-state index in [2.05, 4.69) is 0 Å². The zero-order valence-corrected chi connectivity index (χ0v) is 17.1. The second-order valence-corrected chi connectivity index (χ2v) is 7.17. The first-order chi connectivity index (χ1) is 14.1. The third-order valence-corrected chi connectivity index (χ3v) is 5.08. The van der Waals surface area contributed by atoms with Gasteiger partial charge >= 0.3 is 0 Å². The molecule has 2 amide bonds. The van der Waals surface area contributed by atoms with Crippen molar-refractivity contribution in [3.05, 3.63) is 59.7 Å². The number of benzene rings is 2. The molecule has 1 saturated heterocycles. The number of rotatable bonds is 7. The highest BCUT2D eigenvalue weighted by molar-refractivity contribution is 5.94. The molecule has 0 N–H and O–H groups in total. The second kappa shape index (κ2) is 9.96. The minimum atomic E-state index is -0.00810. The van der Waals surface area contributed by atoms with Crippen LogP contribution in [0.2, 0.25) is 0 Å².